The lowest BCUT2D eigenvalue weighted by atomic mass is 10.1. The number of amides is 1. The maximum Gasteiger partial charge on any atom is 0.261 e. The molecule has 0 radical (unpaired) electrons. The fraction of sp³-hybridized carbons (Fsp3) is 0.500. The number of halogens is 1. The third-order valence-electron chi connectivity index (χ3n) is 3.52. The van der Waals surface area contributed by atoms with E-state index >= 15 is 0 Å². The number of carbonyl (C=O) groups is 1. The third kappa shape index (κ3) is 2.85. The van der Waals surface area contributed by atoms with E-state index in [0.29, 0.717) is 18.0 Å². The Morgan fingerprint density at radius 2 is 2.37 bits per heavy atom. The van der Waals surface area contributed by atoms with Gasteiger partial charge in [0, 0.05) is 24.6 Å². The zero-order chi connectivity index (χ0) is 13.2. The highest BCUT2D eigenvalue weighted by molar-refractivity contribution is 6.30. The van der Waals surface area contributed by atoms with Crippen molar-refractivity contribution < 1.29 is 14.3 Å². The minimum atomic E-state index is -0.449. The molecule has 5 heteroatoms. The number of hydrogen-bond acceptors (Lipinski definition) is 3. The van der Waals surface area contributed by atoms with Gasteiger partial charge in [-0.2, -0.15) is 0 Å². The van der Waals surface area contributed by atoms with Crippen LogP contribution in [0.1, 0.15) is 18.4 Å². The van der Waals surface area contributed by atoms with Gasteiger partial charge >= 0.3 is 0 Å². The zero-order valence-electron chi connectivity index (χ0n) is 10.5. The van der Waals surface area contributed by atoms with Crippen molar-refractivity contribution in [1.29, 1.82) is 0 Å². The van der Waals surface area contributed by atoms with Crippen LogP contribution in [0.15, 0.2) is 18.2 Å². The van der Waals surface area contributed by atoms with Crippen molar-refractivity contribution in [3.8, 4) is 5.75 Å². The number of nitrogens with one attached hydrogen (secondary N) is 1. The largest absolute Gasteiger partial charge is 0.480 e. The van der Waals surface area contributed by atoms with E-state index in [1.54, 1.807) is 6.07 Å². The van der Waals surface area contributed by atoms with Crippen molar-refractivity contribution in [3.63, 3.8) is 0 Å². The van der Waals surface area contributed by atoms with Gasteiger partial charge in [-0.3, -0.25) is 4.79 Å². The Morgan fingerprint density at radius 1 is 1.47 bits per heavy atom. The molecule has 2 heterocycles. The van der Waals surface area contributed by atoms with E-state index in [1.165, 1.54) is 0 Å². The summed E-state index contributed by atoms with van der Waals surface area (Å²) >= 11 is 5.93. The van der Waals surface area contributed by atoms with E-state index in [0.717, 1.165) is 30.8 Å². The summed E-state index contributed by atoms with van der Waals surface area (Å²) in [6.45, 7) is 1.36. The Balaban J connectivity index is 1.55. The molecule has 1 saturated heterocycles. The predicted molar refractivity (Wildman–Crippen MR) is 71.6 cm³/mol. The summed E-state index contributed by atoms with van der Waals surface area (Å²) in [4.78, 5) is 12.0. The van der Waals surface area contributed by atoms with E-state index in [4.69, 9.17) is 21.1 Å². The topological polar surface area (TPSA) is 47.6 Å². The molecule has 2 aliphatic rings. The molecule has 0 unspecified atom stereocenters. The van der Waals surface area contributed by atoms with Crippen LogP contribution in [0, 0.1) is 0 Å². The van der Waals surface area contributed by atoms with Crippen LogP contribution < -0.4 is 10.1 Å². The van der Waals surface area contributed by atoms with E-state index in [9.17, 15) is 4.79 Å². The second-order valence-corrected chi connectivity index (χ2v) is 5.38. The molecule has 0 saturated carbocycles. The van der Waals surface area contributed by atoms with Crippen LogP contribution in [0.25, 0.3) is 0 Å². The van der Waals surface area contributed by atoms with Crippen LogP contribution in [-0.2, 0) is 16.0 Å². The Hall–Kier alpha value is -1.26. The van der Waals surface area contributed by atoms with E-state index in [1.807, 2.05) is 12.1 Å². The van der Waals surface area contributed by atoms with Crippen molar-refractivity contribution in [2.75, 3.05) is 13.2 Å². The number of ether oxygens (including phenoxy) is 2. The van der Waals surface area contributed by atoms with Gasteiger partial charge in [-0.15, -0.1) is 0 Å². The molecule has 0 aliphatic carbocycles. The fourth-order valence-corrected chi connectivity index (χ4v) is 2.69. The first-order chi connectivity index (χ1) is 9.22. The monoisotopic (exact) mass is 281 g/mol. The summed E-state index contributed by atoms with van der Waals surface area (Å²) in [7, 11) is 0. The fourth-order valence-electron chi connectivity index (χ4n) is 2.50. The first kappa shape index (κ1) is 12.8. The summed E-state index contributed by atoms with van der Waals surface area (Å²) in [6, 6.07) is 5.43. The molecule has 0 bridgehead atoms. The van der Waals surface area contributed by atoms with Crippen LogP contribution in [0.3, 0.4) is 0 Å². The van der Waals surface area contributed by atoms with Crippen molar-refractivity contribution in [2.45, 2.75) is 31.5 Å². The molecule has 3 rings (SSSR count). The average Bonchev–Trinajstić information content (AvgIpc) is 3.04. The molecule has 0 spiro atoms. The summed E-state index contributed by atoms with van der Waals surface area (Å²) in [5, 5.41) is 3.56. The smallest absolute Gasteiger partial charge is 0.261 e. The van der Waals surface area contributed by atoms with Gasteiger partial charge in [0.05, 0.1) is 6.10 Å². The SMILES string of the molecule is O=C(NC[C@H]1CCCO1)[C@H]1Cc2cc(Cl)ccc2O1. The molecule has 2 atom stereocenters. The number of benzene rings is 1. The molecular formula is C14H16ClNO3. The molecule has 0 aromatic heterocycles. The molecule has 1 amide bonds. The zero-order valence-corrected chi connectivity index (χ0v) is 11.3. The Labute approximate surface area is 117 Å². The molecule has 1 aromatic rings. The highest BCUT2D eigenvalue weighted by Crippen LogP contribution is 2.31. The lowest BCUT2D eigenvalue weighted by Gasteiger charge is -2.14. The Kier molecular flexibility index (Phi) is 3.62. The van der Waals surface area contributed by atoms with Crippen molar-refractivity contribution in [1.82, 2.24) is 5.32 Å². The Bertz CT molecular complexity index is 486. The van der Waals surface area contributed by atoms with Crippen LogP contribution >= 0.6 is 11.6 Å². The van der Waals surface area contributed by atoms with Crippen LogP contribution in [0.5, 0.6) is 5.75 Å². The summed E-state index contributed by atoms with van der Waals surface area (Å²) < 4.78 is 11.1. The summed E-state index contributed by atoms with van der Waals surface area (Å²) in [6.07, 6.45) is 2.37. The predicted octanol–water partition coefficient (Wildman–Crippen LogP) is 1.94. The highest BCUT2D eigenvalue weighted by Gasteiger charge is 2.29. The van der Waals surface area contributed by atoms with Gasteiger partial charge in [0.1, 0.15) is 5.75 Å². The number of rotatable bonds is 3. The first-order valence-electron chi connectivity index (χ1n) is 6.57. The van der Waals surface area contributed by atoms with E-state index < -0.39 is 6.10 Å². The molecule has 4 nitrogen and oxygen atoms in total. The van der Waals surface area contributed by atoms with Gasteiger partial charge in [0.15, 0.2) is 6.10 Å². The van der Waals surface area contributed by atoms with Crippen molar-refractivity contribution in [2.24, 2.45) is 0 Å². The average molecular weight is 282 g/mol. The Morgan fingerprint density at radius 3 is 3.16 bits per heavy atom. The first-order valence-corrected chi connectivity index (χ1v) is 6.94. The van der Waals surface area contributed by atoms with E-state index in [2.05, 4.69) is 5.32 Å². The van der Waals surface area contributed by atoms with Crippen LogP contribution in [0.4, 0.5) is 0 Å². The van der Waals surface area contributed by atoms with Crippen molar-refractivity contribution in [3.05, 3.63) is 28.8 Å². The summed E-state index contributed by atoms with van der Waals surface area (Å²) in [5.74, 6) is 0.671. The van der Waals surface area contributed by atoms with Gasteiger partial charge in [0.25, 0.3) is 5.91 Å². The van der Waals surface area contributed by atoms with Gasteiger partial charge in [0.2, 0.25) is 0 Å². The molecular weight excluding hydrogens is 266 g/mol. The number of fused-ring (bicyclic) bond motifs is 1. The normalized spacial score (nSPS) is 24.9. The molecule has 1 fully saturated rings. The number of carbonyl (C=O) groups excluding carboxylic acids is 1. The van der Waals surface area contributed by atoms with Gasteiger partial charge in [-0.25, -0.2) is 0 Å². The van der Waals surface area contributed by atoms with Crippen LogP contribution in [-0.4, -0.2) is 31.3 Å². The molecule has 2 aliphatic heterocycles. The van der Waals surface area contributed by atoms with Gasteiger partial charge in [-0.05, 0) is 36.6 Å². The molecule has 19 heavy (non-hydrogen) atoms. The highest BCUT2D eigenvalue weighted by atomic mass is 35.5. The van der Waals surface area contributed by atoms with Gasteiger partial charge < -0.3 is 14.8 Å². The molecule has 1 N–H and O–H groups in total. The number of hydrogen-bond donors (Lipinski definition) is 1. The van der Waals surface area contributed by atoms with Crippen molar-refractivity contribution >= 4 is 17.5 Å². The minimum absolute atomic E-state index is 0.0807. The summed E-state index contributed by atoms with van der Waals surface area (Å²) in [5.41, 5.74) is 0.991. The van der Waals surface area contributed by atoms with Crippen LogP contribution in [0.2, 0.25) is 5.02 Å². The second kappa shape index (κ2) is 5.39. The minimum Gasteiger partial charge on any atom is -0.480 e. The molecule has 102 valence electrons. The lowest BCUT2D eigenvalue weighted by molar-refractivity contribution is -0.127. The van der Waals surface area contributed by atoms with Gasteiger partial charge in [-0.1, -0.05) is 11.6 Å². The maximum atomic E-state index is 12.0. The quantitative estimate of drug-likeness (QED) is 0.921. The second-order valence-electron chi connectivity index (χ2n) is 4.94. The molecule has 1 aromatic carbocycles. The lowest BCUT2D eigenvalue weighted by Crippen LogP contribution is -2.40. The third-order valence-corrected chi connectivity index (χ3v) is 3.75. The van der Waals surface area contributed by atoms with E-state index in [-0.39, 0.29) is 12.0 Å². The standard InChI is InChI=1S/C14H16ClNO3/c15-10-3-4-12-9(6-10)7-13(19-12)14(17)16-8-11-2-1-5-18-11/h3-4,6,11,13H,1-2,5,7-8H2,(H,16,17)/t11-,13-/m1/s1. The maximum absolute atomic E-state index is 12.0.